The molecule has 1 aromatic carbocycles. The van der Waals surface area contributed by atoms with E-state index in [-0.39, 0.29) is 17.8 Å². The van der Waals surface area contributed by atoms with Crippen molar-refractivity contribution in [2.75, 3.05) is 39.9 Å². The van der Waals surface area contributed by atoms with Gasteiger partial charge in [0.1, 0.15) is 5.82 Å². The van der Waals surface area contributed by atoms with Gasteiger partial charge in [-0.25, -0.2) is 4.98 Å². The molecule has 11 heteroatoms. The van der Waals surface area contributed by atoms with Crippen molar-refractivity contribution < 1.29 is 23.8 Å². The SMILES string of the molecule is CCOc1ccc([C@H](c2sc3nc(C)nn3c2O)N2CCN(C(=O)c3ccco3)CC2)cc1OC. The second kappa shape index (κ2) is 9.59. The second-order valence-corrected chi connectivity index (χ2v) is 9.20. The number of aromatic hydroxyl groups is 1. The minimum absolute atomic E-state index is 0.0672. The Morgan fingerprint density at radius 1 is 1.23 bits per heavy atom. The summed E-state index contributed by atoms with van der Waals surface area (Å²) in [6, 6.07) is 8.92. The normalized spacial score (nSPS) is 15.5. The zero-order chi connectivity index (χ0) is 24.5. The van der Waals surface area contributed by atoms with Gasteiger partial charge >= 0.3 is 0 Å². The molecule has 4 aromatic rings. The summed E-state index contributed by atoms with van der Waals surface area (Å²) in [4.78, 5) is 22.6. The molecule has 0 aliphatic carbocycles. The Kier molecular flexibility index (Phi) is 6.35. The van der Waals surface area contributed by atoms with Crippen LogP contribution in [0, 0.1) is 6.92 Å². The van der Waals surface area contributed by atoms with Crippen molar-refractivity contribution in [3.8, 4) is 17.4 Å². The van der Waals surface area contributed by atoms with Crippen LogP contribution in [0.2, 0.25) is 0 Å². The van der Waals surface area contributed by atoms with Gasteiger partial charge in [0.2, 0.25) is 10.8 Å². The molecule has 1 aliphatic heterocycles. The van der Waals surface area contributed by atoms with E-state index in [9.17, 15) is 9.90 Å². The highest BCUT2D eigenvalue weighted by molar-refractivity contribution is 7.17. The first-order valence-electron chi connectivity index (χ1n) is 11.4. The van der Waals surface area contributed by atoms with Crippen LogP contribution in [0.25, 0.3) is 4.96 Å². The van der Waals surface area contributed by atoms with Crippen LogP contribution in [0.3, 0.4) is 0 Å². The first kappa shape index (κ1) is 23.2. The van der Waals surface area contributed by atoms with E-state index < -0.39 is 0 Å². The van der Waals surface area contributed by atoms with E-state index in [2.05, 4.69) is 15.0 Å². The summed E-state index contributed by atoms with van der Waals surface area (Å²) in [6.07, 6.45) is 1.50. The van der Waals surface area contributed by atoms with Gasteiger partial charge in [-0.2, -0.15) is 4.52 Å². The van der Waals surface area contributed by atoms with Gasteiger partial charge in [0.05, 0.1) is 30.9 Å². The molecule has 35 heavy (non-hydrogen) atoms. The van der Waals surface area contributed by atoms with Crippen LogP contribution in [0.4, 0.5) is 0 Å². The highest BCUT2D eigenvalue weighted by atomic mass is 32.1. The quantitative estimate of drug-likeness (QED) is 0.414. The molecule has 0 radical (unpaired) electrons. The van der Waals surface area contributed by atoms with Gasteiger partial charge < -0.3 is 23.9 Å². The smallest absolute Gasteiger partial charge is 0.289 e. The molecule has 0 unspecified atom stereocenters. The number of ether oxygens (including phenoxy) is 2. The second-order valence-electron chi connectivity index (χ2n) is 8.19. The molecular weight excluding hydrogens is 470 g/mol. The molecule has 5 rings (SSSR count). The monoisotopic (exact) mass is 497 g/mol. The number of benzene rings is 1. The third kappa shape index (κ3) is 4.32. The van der Waals surface area contributed by atoms with Gasteiger partial charge in [-0.15, -0.1) is 5.10 Å². The average molecular weight is 498 g/mol. The van der Waals surface area contributed by atoms with Gasteiger partial charge in [0.15, 0.2) is 17.3 Å². The number of carbonyl (C=O) groups excluding carboxylic acids is 1. The number of carbonyl (C=O) groups is 1. The van der Waals surface area contributed by atoms with Gasteiger partial charge in [-0.3, -0.25) is 9.69 Å². The van der Waals surface area contributed by atoms with E-state index >= 15 is 0 Å². The van der Waals surface area contributed by atoms with Crippen molar-refractivity contribution in [2.45, 2.75) is 19.9 Å². The highest BCUT2D eigenvalue weighted by Crippen LogP contribution is 2.42. The molecule has 1 atom stereocenters. The lowest BCUT2D eigenvalue weighted by molar-refractivity contribution is 0.0567. The van der Waals surface area contributed by atoms with E-state index in [1.54, 1.807) is 31.1 Å². The van der Waals surface area contributed by atoms with Crippen molar-refractivity contribution in [3.05, 3.63) is 58.6 Å². The minimum Gasteiger partial charge on any atom is -0.493 e. The fourth-order valence-electron chi connectivity index (χ4n) is 4.42. The molecule has 1 saturated heterocycles. The summed E-state index contributed by atoms with van der Waals surface area (Å²) < 4.78 is 18.1. The molecule has 10 nitrogen and oxygen atoms in total. The molecule has 0 bridgehead atoms. The number of amides is 1. The summed E-state index contributed by atoms with van der Waals surface area (Å²) in [5, 5.41) is 15.4. The molecule has 184 valence electrons. The molecule has 1 fully saturated rings. The predicted molar refractivity (Wildman–Crippen MR) is 129 cm³/mol. The molecule has 0 spiro atoms. The standard InChI is InChI=1S/C24H27N5O5S/c1-4-33-17-8-7-16(14-19(17)32-3)20(21-23(31)29-24(35-21)25-15(2)26-29)27-9-11-28(12-10-27)22(30)18-6-5-13-34-18/h5-8,13-14,20,31H,4,9-12H2,1-3H3/t20-/m1/s1. The number of aryl methyl sites for hydroxylation is 1. The molecule has 1 N–H and O–H groups in total. The largest absolute Gasteiger partial charge is 0.493 e. The van der Waals surface area contributed by atoms with Crippen LogP contribution < -0.4 is 9.47 Å². The lowest BCUT2D eigenvalue weighted by Gasteiger charge is -2.39. The Balaban J connectivity index is 1.49. The Labute approximate surface area is 206 Å². The van der Waals surface area contributed by atoms with Crippen LogP contribution in [0.15, 0.2) is 41.0 Å². The van der Waals surface area contributed by atoms with E-state index in [4.69, 9.17) is 13.9 Å². The summed E-state index contributed by atoms with van der Waals surface area (Å²) in [5.41, 5.74) is 0.938. The van der Waals surface area contributed by atoms with Gasteiger partial charge in [-0.05, 0) is 43.7 Å². The predicted octanol–water partition coefficient (Wildman–Crippen LogP) is 3.35. The molecule has 0 saturated carbocycles. The number of hydrogen-bond donors (Lipinski definition) is 1. The van der Waals surface area contributed by atoms with Crippen LogP contribution in [0.5, 0.6) is 17.4 Å². The van der Waals surface area contributed by atoms with Crippen molar-refractivity contribution >= 4 is 22.2 Å². The first-order valence-corrected chi connectivity index (χ1v) is 12.2. The number of furan rings is 1. The molecule has 1 amide bonds. The number of methoxy groups -OCH3 is 1. The summed E-state index contributed by atoms with van der Waals surface area (Å²) in [6.45, 7) is 6.53. The lowest BCUT2D eigenvalue weighted by atomic mass is 10.0. The number of rotatable bonds is 7. The fourth-order valence-corrected chi connectivity index (χ4v) is 5.59. The minimum atomic E-state index is -0.283. The number of aromatic nitrogens is 3. The van der Waals surface area contributed by atoms with Gasteiger partial charge in [-0.1, -0.05) is 17.4 Å². The summed E-state index contributed by atoms with van der Waals surface area (Å²) in [5.74, 6) is 2.17. The zero-order valence-electron chi connectivity index (χ0n) is 19.8. The number of nitrogens with zero attached hydrogens (tertiary/aromatic N) is 5. The number of piperazine rings is 1. The van der Waals surface area contributed by atoms with Crippen molar-refractivity contribution in [1.82, 2.24) is 24.4 Å². The maximum Gasteiger partial charge on any atom is 0.289 e. The fraction of sp³-hybridized carbons (Fsp3) is 0.375. The molecule has 3 aromatic heterocycles. The van der Waals surface area contributed by atoms with E-state index in [0.29, 0.717) is 60.8 Å². The number of hydrogen-bond acceptors (Lipinski definition) is 9. The Morgan fingerprint density at radius 3 is 2.69 bits per heavy atom. The Hall–Kier alpha value is -3.57. The van der Waals surface area contributed by atoms with Crippen LogP contribution in [-0.4, -0.2) is 75.3 Å². The van der Waals surface area contributed by atoms with E-state index in [1.165, 1.54) is 22.1 Å². The maximum absolute atomic E-state index is 12.8. The highest BCUT2D eigenvalue weighted by Gasteiger charge is 2.33. The Bertz CT molecular complexity index is 1320. The summed E-state index contributed by atoms with van der Waals surface area (Å²) in [7, 11) is 1.61. The van der Waals surface area contributed by atoms with Crippen LogP contribution >= 0.6 is 11.3 Å². The zero-order valence-corrected chi connectivity index (χ0v) is 20.6. The van der Waals surface area contributed by atoms with Crippen molar-refractivity contribution in [1.29, 1.82) is 0 Å². The third-order valence-electron chi connectivity index (χ3n) is 6.06. The van der Waals surface area contributed by atoms with Crippen LogP contribution in [-0.2, 0) is 0 Å². The third-order valence-corrected chi connectivity index (χ3v) is 7.13. The maximum atomic E-state index is 12.8. The first-order chi connectivity index (χ1) is 17.0. The lowest BCUT2D eigenvalue weighted by Crippen LogP contribution is -2.49. The van der Waals surface area contributed by atoms with E-state index in [0.717, 1.165) is 10.4 Å². The van der Waals surface area contributed by atoms with Crippen LogP contribution in [0.1, 0.15) is 39.8 Å². The summed E-state index contributed by atoms with van der Waals surface area (Å²) >= 11 is 1.40. The molecule has 1 aliphatic rings. The average Bonchev–Trinajstić information content (AvgIpc) is 3.59. The van der Waals surface area contributed by atoms with Gasteiger partial charge in [0, 0.05) is 26.2 Å². The molecule has 4 heterocycles. The molecular formula is C24H27N5O5S. The number of thiazole rings is 1. The van der Waals surface area contributed by atoms with Crippen molar-refractivity contribution in [2.24, 2.45) is 0 Å². The topological polar surface area (TPSA) is 106 Å². The van der Waals surface area contributed by atoms with E-state index in [1.807, 2.05) is 25.1 Å². The van der Waals surface area contributed by atoms with Gasteiger partial charge in [0.25, 0.3) is 5.91 Å². The number of fused-ring (bicyclic) bond motifs is 1. The Morgan fingerprint density at radius 2 is 2.03 bits per heavy atom. The van der Waals surface area contributed by atoms with Crippen molar-refractivity contribution in [3.63, 3.8) is 0 Å².